The van der Waals surface area contributed by atoms with Crippen LogP contribution >= 0.6 is 11.3 Å². The quantitative estimate of drug-likeness (QED) is 0.564. The third-order valence-corrected chi connectivity index (χ3v) is 4.75. The maximum Gasteiger partial charge on any atom is 0.268 e. The van der Waals surface area contributed by atoms with Crippen molar-refractivity contribution < 1.29 is 4.79 Å². The molecule has 136 valence electrons. The van der Waals surface area contributed by atoms with Crippen molar-refractivity contribution in [2.75, 3.05) is 23.3 Å². The highest BCUT2D eigenvalue weighted by Gasteiger charge is 2.13. The third-order valence-electron chi connectivity index (χ3n) is 3.85. The zero-order valence-electron chi connectivity index (χ0n) is 15.3. The van der Waals surface area contributed by atoms with Crippen LogP contribution in [0.3, 0.4) is 0 Å². The number of amides is 1. The number of carbonyl (C=O) groups is 1. The highest BCUT2D eigenvalue weighted by molar-refractivity contribution is 7.15. The fraction of sp³-hybridized carbons (Fsp3) is 0.368. The van der Waals surface area contributed by atoms with Crippen molar-refractivity contribution in [1.29, 1.82) is 5.26 Å². The molecule has 2 aromatic rings. The number of nitriles is 1. The van der Waals surface area contributed by atoms with Gasteiger partial charge in [-0.1, -0.05) is 30.4 Å². The van der Waals surface area contributed by atoms with Gasteiger partial charge in [-0.15, -0.1) is 10.2 Å². The second kappa shape index (κ2) is 9.68. The summed E-state index contributed by atoms with van der Waals surface area (Å²) < 4.78 is 0. The Hall–Kier alpha value is -2.72. The number of carbonyl (C=O) groups excluding carboxylic acids is 1. The minimum absolute atomic E-state index is 0.0350. The lowest BCUT2D eigenvalue weighted by Crippen LogP contribution is -2.21. The van der Waals surface area contributed by atoms with Crippen molar-refractivity contribution in [3.05, 3.63) is 40.4 Å². The molecule has 2 rings (SSSR count). The smallest absolute Gasteiger partial charge is 0.268 e. The van der Waals surface area contributed by atoms with Crippen molar-refractivity contribution in [3.8, 4) is 6.07 Å². The Balaban J connectivity index is 2.10. The summed E-state index contributed by atoms with van der Waals surface area (Å²) in [6, 6.07) is 9.76. The van der Waals surface area contributed by atoms with E-state index in [2.05, 4.69) is 41.2 Å². The molecule has 7 heteroatoms. The number of aromatic nitrogens is 2. The molecule has 0 unspecified atom stereocenters. The van der Waals surface area contributed by atoms with Gasteiger partial charge in [0, 0.05) is 25.2 Å². The monoisotopic (exact) mass is 369 g/mol. The first-order chi connectivity index (χ1) is 12.6. The van der Waals surface area contributed by atoms with Crippen molar-refractivity contribution >= 4 is 34.1 Å². The topological polar surface area (TPSA) is 81.9 Å². The van der Waals surface area contributed by atoms with Gasteiger partial charge in [-0.3, -0.25) is 10.1 Å². The van der Waals surface area contributed by atoms with E-state index in [-0.39, 0.29) is 5.57 Å². The Morgan fingerprint density at radius 3 is 2.50 bits per heavy atom. The summed E-state index contributed by atoms with van der Waals surface area (Å²) in [5, 5.41) is 21.2. The van der Waals surface area contributed by atoms with Crippen LogP contribution in [0, 0.1) is 11.3 Å². The minimum atomic E-state index is -0.473. The van der Waals surface area contributed by atoms with Crippen LogP contribution in [0.5, 0.6) is 0 Å². The summed E-state index contributed by atoms with van der Waals surface area (Å²) in [7, 11) is 0. The normalized spacial score (nSPS) is 11.1. The number of anilines is 2. The lowest BCUT2D eigenvalue weighted by Gasteiger charge is -2.20. The molecule has 0 aliphatic rings. The van der Waals surface area contributed by atoms with E-state index < -0.39 is 5.91 Å². The largest absolute Gasteiger partial charge is 0.372 e. The molecule has 1 N–H and O–H groups in total. The van der Waals surface area contributed by atoms with Crippen LogP contribution in [0.4, 0.5) is 10.8 Å². The second-order valence-electron chi connectivity index (χ2n) is 5.64. The average molecular weight is 369 g/mol. The van der Waals surface area contributed by atoms with Crippen molar-refractivity contribution in [1.82, 2.24) is 10.2 Å². The minimum Gasteiger partial charge on any atom is -0.372 e. The standard InChI is InChI=1S/C19H23N5OS/c1-4-7-17-22-23-19(26-17)21-18(25)15(13-20)12-14-8-10-16(11-9-14)24(5-2)6-3/h8-12H,4-7H2,1-3H3,(H,21,23,25)/b15-12-. The summed E-state index contributed by atoms with van der Waals surface area (Å²) in [5.41, 5.74) is 1.96. The fourth-order valence-electron chi connectivity index (χ4n) is 2.47. The van der Waals surface area contributed by atoms with Crippen LogP contribution in [0.25, 0.3) is 6.08 Å². The average Bonchev–Trinajstić information content (AvgIpc) is 3.09. The number of benzene rings is 1. The van der Waals surface area contributed by atoms with E-state index in [1.165, 1.54) is 11.3 Å². The Morgan fingerprint density at radius 2 is 1.92 bits per heavy atom. The third kappa shape index (κ3) is 5.14. The first kappa shape index (κ1) is 19.6. The van der Waals surface area contributed by atoms with Crippen LogP contribution in [-0.4, -0.2) is 29.2 Å². The van der Waals surface area contributed by atoms with Gasteiger partial charge in [0.25, 0.3) is 5.91 Å². The Morgan fingerprint density at radius 1 is 1.23 bits per heavy atom. The molecule has 0 saturated heterocycles. The summed E-state index contributed by atoms with van der Waals surface area (Å²) in [5.74, 6) is -0.473. The molecule has 1 aromatic heterocycles. The van der Waals surface area contributed by atoms with E-state index in [4.69, 9.17) is 0 Å². The molecule has 0 fully saturated rings. The molecule has 0 bridgehead atoms. The van der Waals surface area contributed by atoms with Gasteiger partial charge >= 0.3 is 0 Å². The van der Waals surface area contributed by atoms with Crippen molar-refractivity contribution in [2.45, 2.75) is 33.6 Å². The summed E-state index contributed by atoms with van der Waals surface area (Å²) >= 11 is 1.33. The maximum atomic E-state index is 12.3. The Labute approximate surface area is 158 Å². The van der Waals surface area contributed by atoms with Crippen LogP contribution in [-0.2, 0) is 11.2 Å². The molecule has 26 heavy (non-hydrogen) atoms. The summed E-state index contributed by atoms with van der Waals surface area (Å²) in [4.78, 5) is 14.5. The van der Waals surface area contributed by atoms with Crippen molar-refractivity contribution in [2.24, 2.45) is 0 Å². The molecule has 0 atom stereocenters. The van der Waals surface area contributed by atoms with Gasteiger partial charge in [0.1, 0.15) is 16.6 Å². The zero-order valence-corrected chi connectivity index (χ0v) is 16.1. The molecule has 0 aliphatic heterocycles. The molecule has 0 aliphatic carbocycles. The molecular formula is C19H23N5OS. The highest BCUT2D eigenvalue weighted by Crippen LogP contribution is 2.19. The molecule has 1 aromatic carbocycles. The lowest BCUT2D eigenvalue weighted by molar-refractivity contribution is -0.112. The second-order valence-corrected chi connectivity index (χ2v) is 6.70. The maximum absolute atomic E-state index is 12.3. The number of nitrogens with zero attached hydrogens (tertiary/aromatic N) is 4. The van der Waals surface area contributed by atoms with Gasteiger partial charge in [0.15, 0.2) is 0 Å². The fourth-order valence-corrected chi connectivity index (χ4v) is 3.31. The Bertz CT molecular complexity index is 800. The number of hydrogen-bond donors (Lipinski definition) is 1. The molecular weight excluding hydrogens is 346 g/mol. The van der Waals surface area contributed by atoms with E-state index in [1.807, 2.05) is 30.3 Å². The molecule has 1 amide bonds. The van der Waals surface area contributed by atoms with E-state index in [9.17, 15) is 10.1 Å². The predicted molar refractivity (Wildman–Crippen MR) is 106 cm³/mol. The van der Waals surface area contributed by atoms with Crippen LogP contribution in [0.15, 0.2) is 29.8 Å². The van der Waals surface area contributed by atoms with E-state index in [0.717, 1.165) is 42.2 Å². The van der Waals surface area contributed by atoms with Crippen molar-refractivity contribution in [3.63, 3.8) is 0 Å². The van der Waals surface area contributed by atoms with Crippen LogP contribution < -0.4 is 10.2 Å². The zero-order chi connectivity index (χ0) is 18.9. The molecule has 1 heterocycles. The Kier molecular flexibility index (Phi) is 7.30. The first-order valence-electron chi connectivity index (χ1n) is 8.71. The van der Waals surface area contributed by atoms with E-state index >= 15 is 0 Å². The number of rotatable bonds is 8. The van der Waals surface area contributed by atoms with Crippen LogP contribution in [0.2, 0.25) is 0 Å². The van der Waals surface area contributed by atoms with Gasteiger partial charge in [-0.25, -0.2) is 0 Å². The summed E-state index contributed by atoms with van der Waals surface area (Å²) in [6.07, 6.45) is 3.37. The van der Waals surface area contributed by atoms with Gasteiger partial charge in [0.05, 0.1) is 0 Å². The molecule has 0 spiro atoms. The van der Waals surface area contributed by atoms with Gasteiger partial charge in [-0.05, 0) is 44.0 Å². The molecule has 0 radical (unpaired) electrons. The molecule has 6 nitrogen and oxygen atoms in total. The first-order valence-corrected chi connectivity index (χ1v) is 9.53. The van der Waals surface area contributed by atoms with Gasteiger partial charge in [0.2, 0.25) is 5.13 Å². The van der Waals surface area contributed by atoms with E-state index in [1.54, 1.807) is 6.08 Å². The predicted octanol–water partition coefficient (Wildman–Crippen LogP) is 3.88. The van der Waals surface area contributed by atoms with E-state index in [0.29, 0.717) is 5.13 Å². The lowest BCUT2D eigenvalue weighted by atomic mass is 10.1. The molecule has 0 saturated carbocycles. The summed E-state index contributed by atoms with van der Waals surface area (Å²) in [6.45, 7) is 8.13. The number of nitrogens with one attached hydrogen (secondary N) is 1. The number of aryl methyl sites for hydroxylation is 1. The van der Waals surface area contributed by atoms with Gasteiger partial charge < -0.3 is 4.90 Å². The van der Waals surface area contributed by atoms with Gasteiger partial charge in [-0.2, -0.15) is 5.26 Å². The number of hydrogen-bond acceptors (Lipinski definition) is 6. The SMILES string of the molecule is CCCc1nnc(NC(=O)/C(C#N)=C\c2ccc(N(CC)CC)cc2)s1. The van der Waals surface area contributed by atoms with Crippen LogP contribution in [0.1, 0.15) is 37.8 Å². The highest BCUT2D eigenvalue weighted by atomic mass is 32.1.